The fourth-order valence-corrected chi connectivity index (χ4v) is 2.41. The summed E-state index contributed by atoms with van der Waals surface area (Å²) in [5.41, 5.74) is 3.03. The Morgan fingerprint density at radius 1 is 0.800 bits per heavy atom. The molecule has 0 fully saturated rings. The molecule has 0 amide bonds. The first kappa shape index (κ1) is 16.6. The largest absolute Gasteiger partial charge is 0.507 e. The summed E-state index contributed by atoms with van der Waals surface area (Å²) >= 11 is 0. The number of hydrogen-bond donors (Lipinski definition) is 2. The van der Waals surface area contributed by atoms with Crippen LogP contribution in [0.3, 0.4) is 0 Å². The van der Waals surface area contributed by atoms with E-state index in [4.69, 9.17) is 0 Å². The van der Waals surface area contributed by atoms with Crippen molar-refractivity contribution in [1.82, 2.24) is 0 Å². The van der Waals surface area contributed by atoms with E-state index < -0.39 is 0 Å². The lowest BCUT2D eigenvalue weighted by Gasteiger charge is -2.13. The van der Waals surface area contributed by atoms with Gasteiger partial charge in [0.1, 0.15) is 11.5 Å². The number of rotatable bonds is 7. The molecule has 2 nitrogen and oxygen atoms in total. The van der Waals surface area contributed by atoms with Crippen molar-refractivity contribution < 1.29 is 10.2 Å². The van der Waals surface area contributed by atoms with Crippen molar-refractivity contribution in [1.29, 1.82) is 0 Å². The van der Waals surface area contributed by atoms with Gasteiger partial charge in [-0.05, 0) is 44.7 Å². The lowest BCUT2D eigenvalue weighted by Crippen LogP contribution is -1.92. The van der Waals surface area contributed by atoms with Crippen molar-refractivity contribution >= 4 is 6.08 Å². The van der Waals surface area contributed by atoms with Crippen LogP contribution in [0.25, 0.3) is 6.08 Å². The lowest BCUT2D eigenvalue weighted by molar-refractivity contribution is 0.448. The van der Waals surface area contributed by atoms with E-state index in [1.165, 1.54) is 32.1 Å². The van der Waals surface area contributed by atoms with Gasteiger partial charge in [-0.25, -0.2) is 0 Å². The molecule has 1 rings (SSSR count). The van der Waals surface area contributed by atoms with E-state index >= 15 is 0 Å². The summed E-state index contributed by atoms with van der Waals surface area (Å²) in [4.78, 5) is 0. The van der Waals surface area contributed by atoms with Gasteiger partial charge in [-0.2, -0.15) is 0 Å². The Kier molecular flexibility index (Phi) is 6.63. The van der Waals surface area contributed by atoms with Crippen LogP contribution in [0.2, 0.25) is 0 Å². The highest BCUT2D eigenvalue weighted by atomic mass is 16.3. The molecule has 0 atom stereocenters. The fourth-order valence-electron chi connectivity index (χ4n) is 2.41. The number of phenolic OH excluding ortho intramolecular Hbond substituents is 2. The van der Waals surface area contributed by atoms with Gasteiger partial charge in [-0.3, -0.25) is 0 Å². The second kappa shape index (κ2) is 7.98. The minimum absolute atomic E-state index is 0.292. The maximum Gasteiger partial charge on any atom is 0.126 e. The minimum atomic E-state index is 0.292. The van der Waals surface area contributed by atoms with E-state index in [1.54, 1.807) is 0 Å². The highest BCUT2D eigenvalue weighted by Crippen LogP contribution is 2.36. The molecule has 0 aliphatic carbocycles. The van der Waals surface area contributed by atoms with E-state index in [0.29, 0.717) is 11.5 Å². The average molecular weight is 276 g/mol. The summed E-state index contributed by atoms with van der Waals surface area (Å²) in [5, 5.41) is 20.2. The Bertz CT molecular complexity index is 444. The third kappa shape index (κ3) is 4.03. The van der Waals surface area contributed by atoms with Crippen molar-refractivity contribution in [2.75, 3.05) is 0 Å². The van der Waals surface area contributed by atoms with E-state index in [9.17, 15) is 10.2 Å². The molecule has 2 heteroatoms. The summed E-state index contributed by atoms with van der Waals surface area (Å²) in [6.45, 7) is 7.74. The molecule has 112 valence electrons. The van der Waals surface area contributed by atoms with Crippen molar-refractivity contribution in [3.63, 3.8) is 0 Å². The van der Waals surface area contributed by atoms with Gasteiger partial charge in [0.05, 0.1) is 0 Å². The third-order valence-corrected chi connectivity index (χ3v) is 4.05. The molecule has 0 saturated carbocycles. The topological polar surface area (TPSA) is 40.5 Å². The summed E-state index contributed by atoms with van der Waals surface area (Å²) < 4.78 is 0. The van der Waals surface area contributed by atoms with Crippen LogP contribution in [0.1, 0.15) is 67.7 Å². The Morgan fingerprint density at radius 2 is 1.40 bits per heavy atom. The van der Waals surface area contributed by atoms with Crippen LogP contribution in [0.5, 0.6) is 11.5 Å². The van der Waals surface area contributed by atoms with Crippen molar-refractivity contribution in [2.24, 2.45) is 0 Å². The van der Waals surface area contributed by atoms with Gasteiger partial charge in [0.2, 0.25) is 0 Å². The quantitative estimate of drug-likeness (QED) is 0.517. The molecule has 0 unspecified atom stereocenters. The molecule has 0 aromatic heterocycles. The predicted octanol–water partition coefficient (Wildman–Crippen LogP) is 5.40. The molecule has 20 heavy (non-hydrogen) atoms. The smallest absolute Gasteiger partial charge is 0.126 e. The van der Waals surface area contributed by atoms with Gasteiger partial charge < -0.3 is 10.2 Å². The highest BCUT2D eigenvalue weighted by Gasteiger charge is 2.14. The summed E-state index contributed by atoms with van der Waals surface area (Å²) in [6, 6.07) is 0. The van der Waals surface area contributed by atoms with Gasteiger partial charge in [0, 0.05) is 11.1 Å². The molecule has 0 radical (unpaired) electrons. The van der Waals surface area contributed by atoms with Crippen molar-refractivity contribution in [3.05, 3.63) is 28.3 Å². The lowest BCUT2D eigenvalue weighted by atomic mass is 9.97. The zero-order chi connectivity index (χ0) is 15.1. The Morgan fingerprint density at radius 3 is 2.05 bits per heavy atom. The molecule has 1 aromatic carbocycles. The Labute approximate surface area is 123 Å². The first-order valence-corrected chi connectivity index (χ1v) is 7.68. The number of allylic oxidation sites excluding steroid dienone is 1. The maximum atomic E-state index is 10.2. The first-order valence-electron chi connectivity index (χ1n) is 7.68. The van der Waals surface area contributed by atoms with Crippen molar-refractivity contribution in [2.45, 2.75) is 66.2 Å². The molecule has 1 aromatic rings. The third-order valence-electron chi connectivity index (χ3n) is 4.05. The predicted molar refractivity (Wildman–Crippen MR) is 86.4 cm³/mol. The fraction of sp³-hybridized carbons (Fsp3) is 0.556. The average Bonchev–Trinajstić information content (AvgIpc) is 2.45. The molecular formula is C18H28O2. The second-order valence-electron chi connectivity index (χ2n) is 5.59. The van der Waals surface area contributed by atoms with Gasteiger partial charge >= 0.3 is 0 Å². The van der Waals surface area contributed by atoms with Crippen LogP contribution >= 0.6 is 0 Å². The number of unbranched alkanes of at least 4 members (excludes halogenated alkanes) is 5. The van der Waals surface area contributed by atoms with Gasteiger partial charge in [0.25, 0.3) is 0 Å². The normalized spacial score (nSPS) is 11.4. The highest BCUT2D eigenvalue weighted by molar-refractivity contribution is 5.68. The zero-order valence-corrected chi connectivity index (χ0v) is 13.3. The van der Waals surface area contributed by atoms with Gasteiger partial charge in [0.15, 0.2) is 0 Å². The molecule has 0 heterocycles. The van der Waals surface area contributed by atoms with Gasteiger partial charge in [-0.1, -0.05) is 44.8 Å². The number of hydrogen-bond acceptors (Lipinski definition) is 2. The monoisotopic (exact) mass is 276 g/mol. The Hall–Kier alpha value is -1.44. The van der Waals surface area contributed by atoms with Crippen LogP contribution in [-0.4, -0.2) is 10.2 Å². The van der Waals surface area contributed by atoms with Crippen LogP contribution in [0, 0.1) is 20.8 Å². The Balaban J connectivity index is 2.68. The van der Waals surface area contributed by atoms with E-state index in [1.807, 2.05) is 26.8 Å². The molecular weight excluding hydrogens is 248 g/mol. The van der Waals surface area contributed by atoms with Crippen LogP contribution in [0.15, 0.2) is 6.08 Å². The SMILES string of the molecule is CCCCCCCC=Cc1c(C)c(O)c(C)c(C)c1O. The van der Waals surface area contributed by atoms with E-state index in [0.717, 1.165) is 28.7 Å². The second-order valence-corrected chi connectivity index (χ2v) is 5.59. The molecule has 2 N–H and O–H groups in total. The summed E-state index contributed by atoms with van der Waals surface area (Å²) in [7, 11) is 0. The van der Waals surface area contributed by atoms with Gasteiger partial charge in [-0.15, -0.1) is 0 Å². The van der Waals surface area contributed by atoms with E-state index in [-0.39, 0.29) is 0 Å². The number of aromatic hydroxyl groups is 2. The molecule has 0 bridgehead atoms. The first-order chi connectivity index (χ1) is 9.50. The standard InChI is InChI=1S/C18H28O2/c1-5-6-7-8-9-10-11-12-16-15(4)17(19)13(2)14(3)18(16)20/h11-12,19-20H,5-10H2,1-4H3. The molecule has 0 spiro atoms. The maximum absolute atomic E-state index is 10.2. The number of phenols is 2. The zero-order valence-electron chi connectivity index (χ0n) is 13.3. The number of benzene rings is 1. The van der Waals surface area contributed by atoms with Crippen LogP contribution in [-0.2, 0) is 0 Å². The summed E-state index contributed by atoms with van der Waals surface area (Å²) in [6.07, 6.45) is 11.4. The molecule has 0 aliphatic heterocycles. The minimum Gasteiger partial charge on any atom is -0.507 e. The summed E-state index contributed by atoms with van der Waals surface area (Å²) in [5.74, 6) is 0.586. The van der Waals surface area contributed by atoms with E-state index in [2.05, 4.69) is 13.0 Å². The van der Waals surface area contributed by atoms with Crippen molar-refractivity contribution in [3.8, 4) is 11.5 Å². The van der Waals surface area contributed by atoms with Crippen LogP contribution in [0.4, 0.5) is 0 Å². The van der Waals surface area contributed by atoms with Crippen LogP contribution < -0.4 is 0 Å². The molecule has 0 saturated heterocycles. The molecule has 0 aliphatic rings.